The lowest BCUT2D eigenvalue weighted by Crippen LogP contribution is -2.47. The second-order valence-corrected chi connectivity index (χ2v) is 8.71. The average Bonchev–Trinajstić information content (AvgIpc) is 3.07. The highest BCUT2D eigenvalue weighted by Crippen LogP contribution is 2.31. The van der Waals surface area contributed by atoms with Crippen LogP contribution in [0.5, 0.6) is 0 Å². The van der Waals surface area contributed by atoms with Crippen LogP contribution in [0.2, 0.25) is 10.0 Å². The lowest BCUT2D eigenvalue weighted by molar-refractivity contribution is -0.149. The maximum absolute atomic E-state index is 13.0. The summed E-state index contributed by atoms with van der Waals surface area (Å²) in [4.78, 5) is 38.6. The van der Waals surface area contributed by atoms with Crippen molar-refractivity contribution in [2.75, 3.05) is 13.3 Å². The molecule has 0 saturated carbocycles. The fourth-order valence-corrected chi connectivity index (χ4v) is 4.00. The number of ether oxygens (including phenoxy) is 1. The van der Waals surface area contributed by atoms with Crippen molar-refractivity contribution in [3.8, 4) is 0 Å². The molecule has 4 N–H and O–H groups in total. The maximum atomic E-state index is 13.0. The number of benzene rings is 2. The molecular formula is C20H20Cl2N4O5S. The molecule has 0 bridgehead atoms. The van der Waals surface area contributed by atoms with Gasteiger partial charge in [-0.2, -0.15) is 0 Å². The molecule has 9 nitrogen and oxygen atoms in total. The number of halogens is 2. The van der Waals surface area contributed by atoms with Crippen LogP contribution < -0.4 is 11.1 Å². The first kappa shape index (κ1) is 24.1. The zero-order chi connectivity index (χ0) is 23.3. The minimum Gasteiger partial charge on any atom is -0.443 e. The van der Waals surface area contributed by atoms with Crippen molar-refractivity contribution >= 4 is 53.1 Å². The van der Waals surface area contributed by atoms with E-state index in [1.165, 1.54) is 9.21 Å². The van der Waals surface area contributed by atoms with Crippen molar-refractivity contribution in [1.82, 2.24) is 14.5 Å². The fraction of sp³-hybridized carbons (Fsp3) is 0.250. The highest BCUT2D eigenvalue weighted by atomic mass is 35.5. The van der Waals surface area contributed by atoms with Gasteiger partial charge in [0.1, 0.15) is 6.04 Å². The summed E-state index contributed by atoms with van der Waals surface area (Å²) in [6.07, 6.45) is 0. The molecule has 0 spiro atoms. The maximum Gasteiger partial charge on any atom is 0.335 e. The molecule has 12 heteroatoms. The van der Waals surface area contributed by atoms with Gasteiger partial charge in [0, 0.05) is 27.6 Å². The number of nitrogens with zero attached hydrogens (tertiary/aromatic N) is 2. The number of nitrogens with one attached hydrogen (secondary N) is 1. The monoisotopic (exact) mass is 498 g/mol. The molecule has 2 aromatic carbocycles. The Morgan fingerprint density at radius 1 is 1.12 bits per heavy atom. The minimum atomic E-state index is -1.23. The van der Waals surface area contributed by atoms with Gasteiger partial charge in [0.2, 0.25) is 0 Å². The van der Waals surface area contributed by atoms with Gasteiger partial charge in [-0.25, -0.2) is 4.79 Å². The van der Waals surface area contributed by atoms with E-state index < -0.39 is 42.8 Å². The summed E-state index contributed by atoms with van der Waals surface area (Å²) in [6.45, 7) is -0.823. The van der Waals surface area contributed by atoms with Crippen LogP contribution in [-0.2, 0) is 16.1 Å². The van der Waals surface area contributed by atoms with E-state index in [-0.39, 0.29) is 6.54 Å². The second kappa shape index (κ2) is 10.9. The van der Waals surface area contributed by atoms with Gasteiger partial charge < -0.3 is 20.9 Å². The summed E-state index contributed by atoms with van der Waals surface area (Å²) in [6, 6.07) is 11.5. The van der Waals surface area contributed by atoms with Gasteiger partial charge in [-0.3, -0.25) is 18.8 Å². The van der Waals surface area contributed by atoms with E-state index in [0.717, 1.165) is 17.5 Å². The molecule has 32 heavy (non-hydrogen) atoms. The molecule has 3 amide bonds. The van der Waals surface area contributed by atoms with Crippen molar-refractivity contribution in [1.29, 1.82) is 0 Å². The highest BCUT2D eigenvalue weighted by molar-refractivity contribution is 7.98. The number of aliphatic hydroxyl groups excluding tert-OH is 1. The van der Waals surface area contributed by atoms with Gasteiger partial charge in [0.25, 0.3) is 5.91 Å². The van der Waals surface area contributed by atoms with E-state index in [1.807, 2.05) is 0 Å². The summed E-state index contributed by atoms with van der Waals surface area (Å²) >= 11 is 12.8. The molecule has 1 fully saturated rings. The first-order valence-corrected chi connectivity index (χ1v) is 11.0. The van der Waals surface area contributed by atoms with Crippen LogP contribution >= 0.6 is 35.1 Å². The SMILES string of the molecule is NC(CO)C(=O)OCN1C(=O)N(Cc2ccc(Cl)cc2)SC1NC(=O)c1ccc(Cl)cc1. The summed E-state index contributed by atoms with van der Waals surface area (Å²) in [5, 5.41) is 12.8. The van der Waals surface area contributed by atoms with E-state index in [1.54, 1.807) is 48.5 Å². The molecule has 0 radical (unpaired) electrons. The van der Waals surface area contributed by atoms with Gasteiger partial charge in [0.15, 0.2) is 12.2 Å². The predicted molar refractivity (Wildman–Crippen MR) is 121 cm³/mol. The number of urea groups is 1. The van der Waals surface area contributed by atoms with Crippen LogP contribution in [0.15, 0.2) is 48.5 Å². The molecule has 1 aliphatic rings. The van der Waals surface area contributed by atoms with Crippen molar-refractivity contribution in [2.45, 2.75) is 18.1 Å². The Hall–Kier alpha value is -2.50. The molecule has 2 aromatic rings. The minimum absolute atomic E-state index is 0.231. The standard InChI is InChI=1S/C20H20Cl2N4O5S/c21-14-5-1-12(2-6-14)9-26-20(30)25(11-31-18(29)16(23)10-27)19(32-26)24-17(28)13-3-7-15(22)8-4-13/h1-8,16,19,27H,9-11,23H2,(H,24,28). The van der Waals surface area contributed by atoms with E-state index >= 15 is 0 Å². The number of amides is 3. The molecule has 170 valence electrons. The van der Waals surface area contributed by atoms with Crippen molar-refractivity contribution in [3.05, 3.63) is 69.7 Å². The van der Waals surface area contributed by atoms with Crippen LogP contribution in [0.3, 0.4) is 0 Å². The first-order valence-electron chi connectivity index (χ1n) is 9.37. The van der Waals surface area contributed by atoms with Crippen LogP contribution in [-0.4, -0.2) is 57.1 Å². The summed E-state index contributed by atoms with van der Waals surface area (Å²) in [7, 11) is 0. The third-order valence-corrected chi connectivity index (χ3v) is 6.03. The van der Waals surface area contributed by atoms with Crippen LogP contribution in [0.4, 0.5) is 4.79 Å². The van der Waals surface area contributed by atoms with Crippen molar-refractivity contribution in [3.63, 3.8) is 0 Å². The molecule has 2 unspecified atom stereocenters. The summed E-state index contributed by atoms with van der Waals surface area (Å²) in [5.41, 5.74) is 5.76. The Morgan fingerprint density at radius 3 is 2.31 bits per heavy atom. The number of esters is 1. The lowest BCUT2D eigenvalue weighted by atomic mass is 10.2. The zero-order valence-electron chi connectivity index (χ0n) is 16.6. The smallest absolute Gasteiger partial charge is 0.335 e. The van der Waals surface area contributed by atoms with E-state index in [0.29, 0.717) is 15.6 Å². The Labute approximate surface area is 198 Å². The largest absolute Gasteiger partial charge is 0.443 e. The molecule has 3 rings (SSSR count). The molecule has 0 aliphatic carbocycles. The third-order valence-electron chi connectivity index (χ3n) is 4.41. The van der Waals surface area contributed by atoms with E-state index in [9.17, 15) is 14.4 Å². The Morgan fingerprint density at radius 2 is 1.72 bits per heavy atom. The number of hydrogen-bond donors (Lipinski definition) is 3. The predicted octanol–water partition coefficient (Wildman–Crippen LogP) is 2.41. The second-order valence-electron chi connectivity index (χ2n) is 6.74. The van der Waals surface area contributed by atoms with Crippen LogP contribution in [0, 0.1) is 0 Å². The average molecular weight is 499 g/mol. The fourth-order valence-electron chi connectivity index (χ4n) is 2.67. The molecule has 1 aliphatic heterocycles. The first-order chi connectivity index (χ1) is 15.3. The van der Waals surface area contributed by atoms with E-state index in [4.69, 9.17) is 38.8 Å². The number of nitrogens with two attached hydrogens (primary N) is 1. The van der Waals surface area contributed by atoms with Crippen molar-refractivity contribution < 1.29 is 24.2 Å². The summed E-state index contributed by atoms with van der Waals surface area (Å²) < 4.78 is 6.48. The van der Waals surface area contributed by atoms with Crippen molar-refractivity contribution in [2.24, 2.45) is 5.73 Å². The van der Waals surface area contributed by atoms with Gasteiger partial charge in [0.05, 0.1) is 13.2 Å². The normalized spacial score (nSPS) is 16.8. The van der Waals surface area contributed by atoms with Gasteiger partial charge in [-0.1, -0.05) is 35.3 Å². The Bertz CT molecular complexity index is 977. The molecule has 2 atom stereocenters. The zero-order valence-corrected chi connectivity index (χ0v) is 18.9. The van der Waals surface area contributed by atoms with Gasteiger partial charge in [-0.05, 0) is 42.0 Å². The highest BCUT2D eigenvalue weighted by Gasteiger charge is 2.40. The van der Waals surface area contributed by atoms with Crippen LogP contribution in [0.1, 0.15) is 15.9 Å². The number of rotatable bonds is 8. The number of hydrogen-bond acceptors (Lipinski definition) is 7. The van der Waals surface area contributed by atoms with Gasteiger partial charge >= 0.3 is 12.0 Å². The molecule has 0 aromatic heterocycles. The molecule has 1 heterocycles. The molecule has 1 saturated heterocycles. The summed E-state index contributed by atoms with van der Waals surface area (Å²) in [5.74, 6) is -1.31. The van der Waals surface area contributed by atoms with E-state index in [2.05, 4.69) is 5.32 Å². The number of carbonyl (C=O) groups excluding carboxylic acids is 3. The Kier molecular flexibility index (Phi) is 8.21. The van der Waals surface area contributed by atoms with Crippen LogP contribution in [0.25, 0.3) is 0 Å². The Balaban J connectivity index is 1.74. The number of aliphatic hydroxyl groups is 1. The lowest BCUT2D eigenvalue weighted by Gasteiger charge is -2.22. The number of carbonyl (C=O) groups is 3. The van der Waals surface area contributed by atoms with Gasteiger partial charge in [-0.15, -0.1) is 0 Å². The topological polar surface area (TPSA) is 125 Å². The third kappa shape index (κ3) is 6.05. The quantitative estimate of drug-likeness (QED) is 0.376. The molecular weight excluding hydrogens is 479 g/mol.